The van der Waals surface area contributed by atoms with E-state index in [-0.39, 0.29) is 5.82 Å². The predicted molar refractivity (Wildman–Crippen MR) is 90.7 cm³/mol. The highest BCUT2D eigenvalue weighted by Gasteiger charge is 2.09. The van der Waals surface area contributed by atoms with E-state index in [0.29, 0.717) is 23.1 Å². The molecule has 0 unspecified atom stereocenters. The van der Waals surface area contributed by atoms with Crippen LogP contribution in [0.3, 0.4) is 0 Å². The Hall–Kier alpha value is -2.60. The largest absolute Gasteiger partial charge is 0.394 e. The second-order valence-electron chi connectivity index (χ2n) is 4.84. The van der Waals surface area contributed by atoms with Gasteiger partial charge in [-0.05, 0) is 29.8 Å². The van der Waals surface area contributed by atoms with E-state index in [4.69, 9.17) is 5.73 Å². The number of nitrogens with two attached hydrogens (primary N) is 1. The first-order chi connectivity index (χ1) is 11.2. The van der Waals surface area contributed by atoms with E-state index in [1.54, 1.807) is 12.1 Å². The van der Waals surface area contributed by atoms with Crippen LogP contribution >= 0.6 is 11.8 Å². The summed E-state index contributed by atoms with van der Waals surface area (Å²) in [6, 6.07) is 16.2. The van der Waals surface area contributed by atoms with Crippen molar-refractivity contribution in [2.45, 2.75) is 16.5 Å². The van der Waals surface area contributed by atoms with Crippen molar-refractivity contribution in [3.8, 4) is 0 Å². The summed E-state index contributed by atoms with van der Waals surface area (Å²) in [6.45, 7) is 0.511. The van der Waals surface area contributed by atoms with Gasteiger partial charge in [0.25, 0.3) is 0 Å². The Labute approximate surface area is 138 Å². The molecule has 3 N–H and O–H groups in total. The fourth-order valence-corrected chi connectivity index (χ4v) is 2.81. The van der Waals surface area contributed by atoms with E-state index in [1.807, 2.05) is 30.3 Å². The van der Waals surface area contributed by atoms with Gasteiger partial charge in [-0.25, -0.2) is 14.4 Å². The van der Waals surface area contributed by atoms with Crippen molar-refractivity contribution in [1.82, 2.24) is 9.97 Å². The van der Waals surface area contributed by atoms with Gasteiger partial charge >= 0.3 is 0 Å². The van der Waals surface area contributed by atoms with E-state index >= 15 is 0 Å². The summed E-state index contributed by atoms with van der Waals surface area (Å²) in [7, 11) is 0. The third-order valence-electron chi connectivity index (χ3n) is 3.18. The highest BCUT2D eigenvalue weighted by molar-refractivity contribution is 7.99. The normalized spacial score (nSPS) is 10.5. The predicted octanol–water partition coefficient (Wildman–Crippen LogP) is 3.96. The monoisotopic (exact) mass is 326 g/mol. The molecule has 1 heterocycles. The summed E-state index contributed by atoms with van der Waals surface area (Å²) in [5.74, 6) is 0.319. The molecule has 2 aromatic carbocycles. The molecule has 6 heteroatoms. The van der Waals surface area contributed by atoms with Crippen molar-refractivity contribution in [2.24, 2.45) is 0 Å². The number of rotatable bonds is 5. The number of anilines is 2. The zero-order valence-corrected chi connectivity index (χ0v) is 13.1. The molecule has 0 spiro atoms. The second-order valence-corrected chi connectivity index (χ2v) is 5.90. The Bertz CT molecular complexity index is 778. The number of nitrogens with one attached hydrogen (secondary N) is 1. The summed E-state index contributed by atoms with van der Waals surface area (Å²) in [4.78, 5) is 9.47. The lowest BCUT2D eigenvalue weighted by atomic mass is 10.2. The van der Waals surface area contributed by atoms with Crippen molar-refractivity contribution in [2.75, 3.05) is 11.1 Å². The van der Waals surface area contributed by atoms with Gasteiger partial charge in [-0.2, -0.15) is 0 Å². The number of hydrogen-bond acceptors (Lipinski definition) is 5. The first-order valence-electron chi connectivity index (χ1n) is 7.04. The Morgan fingerprint density at radius 3 is 2.48 bits per heavy atom. The van der Waals surface area contributed by atoms with E-state index in [1.165, 1.54) is 30.2 Å². The number of halogens is 1. The molecule has 1 aromatic heterocycles. The fourth-order valence-electron chi connectivity index (χ4n) is 1.99. The summed E-state index contributed by atoms with van der Waals surface area (Å²) in [5, 5.41) is 3.86. The van der Waals surface area contributed by atoms with Crippen LogP contribution in [-0.4, -0.2) is 9.97 Å². The minimum Gasteiger partial charge on any atom is -0.394 e. The van der Waals surface area contributed by atoms with Crippen LogP contribution in [0.1, 0.15) is 5.56 Å². The van der Waals surface area contributed by atoms with Gasteiger partial charge in [0.2, 0.25) is 0 Å². The summed E-state index contributed by atoms with van der Waals surface area (Å²) < 4.78 is 12.9. The van der Waals surface area contributed by atoms with Gasteiger partial charge in [0, 0.05) is 11.4 Å². The van der Waals surface area contributed by atoms with Crippen LogP contribution in [0.2, 0.25) is 0 Å². The van der Waals surface area contributed by atoms with Crippen molar-refractivity contribution in [1.29, 1.82) is 0 Å². The maximum absolute atomic E-state index is 12.9. The molecule has 0 atom stereocenters. The third-order valence-corrected chi connectivity index (χ3v) is 4.20. The van der Waals surface area contributed by atoms with Crippen LogP contribution in [0.5, 0.6) is 0 Å². The van der Waals surface area contributed by atoms with Crippen LogP contribution in [0, 0.1) is 5.82 Å². The first kappa shape index (κ1) is 15.3. The Morgan fingerprint density at radius 1 is 1.00 bits per heavy atom. The maximum Gasteiger partial charge on any atom is 0.154 e. The van der Waals surface area contributed by atoms with Crippen molar-refractivity contribution in [3.05, 3.63) is 72.3 Å². The third kappa shape index (κ3) is 3.98. The maximum atomic E-state index is 12.9. The standard InChI is InChI=1S/C17H15FN4S/c18-13-8-6-12(7-9-13)10-20-16-15(19)17(22-11-21-16)23-14-4-2-1-3-5-14/h1-9,11H,10,19H2,(H,20,21,22). The molecule has 3 rings (SSSR count). The molecule has 0 bridgehead atoms. The quantitative estimate of drug-likeness (QED) is 0.695. The molecular formula is C17H15FN4S. The van der Waals surface area contributed by atoms with Crippen molar-refractivity contribution < 1.29 is 4.39 Å². The van der Waals surface area contributed by atoms with Gasteiger partial charge in [0.1, 0.15) is 22.9 Å². The summed E-state index contributed by atoms with van der Waals surface area (Å²) in [5.41, 5.74) is 7.60. The molecule has 0 amide bonds. The number of nitrogen functional groups attached to an aromatic ring is 1. The molecule has 0 saturated carbocycles. The molecule has 0 aliphatic rings. The summed E-state index contributed by atoms with van der Waals surface area (Å²) >= 11 is 1.49. The van der Waals surface area contributed by atoms with Crippen LogP contribution in [0.25, 0.3) is 0 Å². The lowest BCUT2D eigenvalue weighted by Crippen LogP contribution is -2.06. The molecule has 3 aromatic rings. The highest BCUT2D eigenvalue weighted by Crippen LogP contribution is 2.32. The lowest BCUT2D eigenvalue weighted by molar-refractivity contribution is 0.627. The molecule has 23 heavy (non-hydrogen) atoms. The molecule has 0 aliphatic heterocycles. The molecule has 0 saturated heterocycles. The average Bonchev–Trinajstić information content (AvgIpc) is 2.58. The van der Waals surface area contributed by atoms with Gasteiger partial charge in [0.15, 0.2) is 5.82 Å². The zero-order valence-electron chi connectivity index (χ0n) is 12.2. The van der Waals surface area contributed by atoms with Crippen LogP contribution in [0.4, 0.5) is 15.9 Å². The number of aromatic nitrogens is 2. The number of hydrogen-bond donors (Lipinski definition) is 2. The van der Waals surface area contributed by atoms with E-state index in [9.17, 15) is 4.39 Å². The second kappa shape index (κ2) is 7.11. The minimum absolute atomic E-state index is 0.253. The number of benzene rings is 2. The number of nitrogens with zero attached hydrogens (tertiary/aromatic N) is 2. The van der Waals surface area contributed by atoms with Gasteiger partial charge < -0.3 is 11.1 Å². The Kier molecular flexibility index (Phi) is 4.73. The first-order valence-corrected chi connectivity index (χ1v) is 7.86. The SMILES string of the molecule is Nc1c(NCc2ccc(F)cc2)ncnc1Sc1ccccc1. The van der Waals surface area contributed by atoms with Crippen LogP contribution in [-0.2, 0) is 6.54 Å². The van der Waals surface area contributed by atoms with Crippen molar-refractivity contribution >= 4 is 23.3 Å². The molecular weight excluding hydrogens is 311 g/mol. The molecule has 0 fully saturated rings. The van der Waals surface area contributed by atoms with Gasteiger partial charge in [-0.15, -0.1) is 0 Å². The Balaban J connectivity index is 1.73. The van der Waals surface area contributed by atoms with Gasteiger partial charge in [0.05, 0.1) is 0 Å². The van der Waals surface area contributed by atoms with E-state index in [0.717, 1.165) is 10.5 Å². The molecule has 116 valence electrons. The van der Waals surface area contributed by atoms with Crippen molar-refractivity contribution in [3.63, 3.8) is 0 Å². The molecule has 0 aliphatic carbocycles. The molecule has 4 nitrogen and oxygen atoms in total. The Morgan fingerprint density at radius 2 is 1.74 bits per heavy atom. The van der Waals surface area contributed by atoms with E-state index < -0.39 is 0 Å². The highest BCUT2D eigenvalue weighted by atomic mass is 32.2. The zero-order chi connectivity index (χ0) is 16.1. The van der Waals surface area contributed by atoms with Gasteiger partial charge in [-0.3, -0.25) is 0 Å². The minimum atomic E-state index is -0.253. The van der Waals surface area contributed by atoms with Crippen LogP contribution in [0.15, 0.2) is 70.8 Å². The molecule has 0 radical (unpaired) electrons. The fraction of sp³-hybridized carbons (Fsp3) is 0.0588. The lowest BCUT2D eigenvalue weighted by Gasteiger charge is -2.11. The summed E-state index contributed by atoms with van der Waals surface area (Å²) in [6.07, 6.45) is 1.48. The van der Waals surface area contributed by atoms with Gasteiger partial charge in [-0.1, -0.05) is 42.1 Å². The topological polar surface area (TPSA) is 63.8 Å². The average molecular weight is 326 g/mol. The smallest absolute Gasteiger partial charge is 0.154 e. The van der Waals surface area contributed by atoms with Crippen LogP contribution < -0.4 is 11.1 Å². The van der Waals surface area contributed by atoms with E-state index in [2.05, 4.69) is 15.3 Å².